The maximum Gasteiger partial charge on any atom is 0.358 e. The molecule has 2 aromatic carbocycles. The van der Waals surface area contributed by atoms with E-state index in [1.165, 1.54) is 4.90 Å². The molecule has 216 valence electrons. The number of likely N-dealkylation sites (tertiary alicyclic amines) is 1. The number of rotatable bonds is 6. The highest BCUT2D eigenvalue weighted by atomic mass is 79.9. The second-order valence-electron chi connectivity index (χ2n) is 10.1. The highest BCUT2D eigenvalue weighted by molar-refractivity contribution is 9.10. The molecule has 4 aromatic rings. The first-order valence-corrected chi connectivity index (χ1v) is 14.6. The molecule has 2 aromatic heterocycles. The SMILES string of the molecule is NC(=O)N1CCCC(OC(=O)c2nc3nc(N(c4ccccc4)N4CCOCC4)ncc3cc2-c2ccccc2Br)C1. The number of hydrogen-bond donors (Lipinski definition) is 1. The zero-order valence-corrected chi connectivity index (χ0v) is 24.4. The van der Waals surface area contributed by atoms with Gasteiger partial charge in [0, 0.05) is 41.3 Å². The van der Waals surface area contributed by atoms with Crippen LogP contribution in [0.2, 0.25) is 0 Å². The van der Waals surface area contributed by atoms with Crippen LogP contribution in [0.25, 0.3) is 22.2 Å². The van der Waals surface area contributed by atoms with Gasteiger partial charge in [-0.1, -0.05) is 52.3 Å². The fraction of sp³-hybridized carbons (Fsp3) is 0.300. The van der Waals surface area contributed by atoms with E-state index in [2.05, 4.69) is 20.9 Å². The topological polar surface area (TPSA) is 127 Å². The smallest absolute Gasteiger partial charge is 0.358 e. The molecule has 2 aliphatic heterocycles. The number of urea groups is 1. The van der Waals surface area contributed by atoms with Crippen LogP contribution in [0.5, 0.6) is 0 Å². The predicted octanol–water partition coefficient (Wildman–Crippen LogP) is 4.54. The minimum atomic E-state index is -0.591. The number of carbonyl (C=O) groups excluding carboxylic acids is 2. The van der Waals surface area contributed by atoms with E-state index in [0.29, 0.717) is 68.2 Å². The summed E-state index contributed by atoms with van der Waals surface area (Å²) in [5.41, 5.74) is 8.25. The Balaban J connectivity index is 1.42. The van der Waals surface area contributed by atoms with Crippen molar-refractivity contribution in [2.24, 2.45) is 5.73 Å². The molecule has 0 saturated carbocycles. The number of amides is 2. The number of hydrogen-bond acceptors (Lipinski definition) is 9. The van der Waals surface area contributed by atoms with Crippen LogP contribution < -0.4 is 10.7 Å². The van der Waals surface area contributed by atoms with Crippen LogP contribution in [-0.4, -0.2) is 82.4 Å². The maximum atomic E-state index is 13.7. The van der Waals surface area contributed by atoms with Gasteiger partial charge in [0.15, 0.2) is 11.3 Å². The minimum Gasteiger partial charge on any atom is -0.456 e. The second kappa shape index (κ2) is 12.4. The highest BCUT2D eigenvalue weighted by Crippen LogP contribution is 2.34. The molecule has 2 fully saturated rings. The van der Waals surface area contributed by atoms with Crippen molar-refractivity contribution in [2.75, 3.05) is 44.4 Å². The monoisotopic (exact) mass is 631 g/mol. The summed E-state index contributed by atoms with van der Waals surface area (Å²) in [5.74, 6) is -0.160. The van der Waals surface area contributed by atoms with Crippen LogP contribution in [0, 0.1) is 0 Å². The lowest BCUT2D eigenvalue weighted by Gasteiger charge is -2.37. The number of esters is 1. The van der Waals surface area contributed by atoms with Gasteiger partial charge in [-0.2, -0.15) is 4.98 Å². The van der Waals surface area contributed by atoms with Crippen molar-refractivity contribution in [3.8, 4) is 11.1 Å². The molecule has 2 N–H and O–H groups in total. The van der Waals surface area contributed by atoms with Crippen LogP contribution in [0.1, 0.15) is 23.3 Å². The molecular weight excluding hydrogens is 602 g/mol. The number of ether oxygens (including phenoxy) is 2. The van der Waals surface area contributed by atoms with Gasteiger partial charge in [0.05, 0.1) is 25.4 Å². The zero-order chi connectivity index (χ0) is 29.1. The van der Waals surface area contributed by atoms with Gasteiger partial charge in [0.1, 0.15) is 6.10 Å². The van der Waals surface area contributed by atoms with Gasteiger partial charge >= 0.3 is 12.0 Å². The number of primary amides is 1. The van der Waals surface area contributed by atoms with E-state index in [-0.39, 0.29) is 12.2 Å². The van der Waals surface area contributed by atoms with Crippen LogP contribution in [0.3, 0.4) is 0 Å². The van der Waals surface area contributed by atoms with Gasteiger partial charge < -0.3 is 20.1 Å². The Morgan fingerprint density at radius 3 is 2.52 bits per heavy atom. The summed E-state index contributed by atoms with van der Waals surface area (Å²) in [6.45, 7) is 3.32. The zero-order valence-electron chi connectivity index (χ0n) is 22.9. The lowest BCUT2D eigenvalue weighted by atomic mass is 10.0. The summed E-state index contributed by atoms with van der Waals surface area (Å²) < 4.78 is 12.3. The van der Waals surface area contributed by atoms with Crippen molar-refractivity contribution in [3.63, 3.8) is 0 Å². The third-order valence-electron chi connectivity index (χ3n) is 7.34. The Morgan fingerprint density at radius 2 is 1.76 bits per heavy atom. The van der Waals surface area contributed by atoms with Gasteiger partial charge in [-0.3, -0.25) is 0 Å². The number of morpholine rings is 1. The molecule has 6 rings (SSSR count). The molecule has 2 amide bonds. The summed E-state index contributed by atoms with van der Waals surface area (Å²) in [4.78, 5) is 41.3. The Bertz CT molecular complexity index is 1600. The van der Waals surface area contributed by atoms with E-state index in [1.807, 2.05) is 65.7 Å². The largest absolute Gasteiger partial charge is 0.456 e. The first-order valence-electron chi connectivity index (χ1n) is 13.8. The highest BCUT2D eigenvalue weighted by Gasteiger charge is 2.29. The number of halogens is 1. The number of hydrazine groups is 1. The summed E-state index contributed by atoms with van der Waals surface area (Å²) in [5, 5.41) is 4.77. The Hall–Kier alpha value is -4.13. The average molecular weight is 633 g/mol. The molecule has 4 heterocycles. The number of benzene rings is 2. The summed E-state index contributed by atoms with van der Waals surface area (Å²) in [6.07, 6.45) is 2.56. The second-order valence-corrected chi connectivity index (χ2v) is 11.0. The van der Waals surface area contributed by atoms with Gasteiger partial charge in [-0.05, 0) is 42.7 Å². The molecule has 11 nitrogen and oxygen atoms in total. The van der Waals surface area contributed by atoms with E-state index in [4.69, 9.17) is 30.2 Å². The summed E-state index contributed by atoms with van der Waals surface area (Å²) >= 11 is 3.61. The first-order chi connectivity index (χ1) is 20.5. The summed E-state index contributed by atoms with van der Waals surface area (Å²) in [6, 6.07) is 18.8. The van der Waals surface area contributed by atoms with Crippen molar-refractivity contribution in [3.05, 3.63) is 77.0 Å². The van der Waals surface area contributed by atoms with Gasteiger partial charge in [0.2, 0.25) is 5.95 Å². The van der Waals surface area contributed by atoms with Crippen LogP contribution in [0.4, 0.5) is 16.4 Å². The van der Waals surface area contributed by atoms with Crippen molar-refractivity contribution >= 4 is 50.6 Å². The van der Waals surface area contributed by atoms with E-state index < -0.39 is 18.1 Å². The number of nitrogens with zero attached hydrogens (tertiary/aromatic N) is 6. The molecule has 2 aliphatic rings. The number of fused-ring (bicyclic) bond motifs is 1. The standard InChI is InChI=1S/C30H30BrN7O4/c31-25-11-5-4-10-23(25)24-17-20-18-33-30(38(21-7-2-1-3-8-21)37-13-15-41-16-14-37)35-27(20)34-26(24)28(39)42-22-9-6-12-36(19-22)29(32)40/h1-5,7-8,10-11,17-18,22H,6,9,12-16,19H2,(H2,32,40). The fourth-order valence-electron chi connectivity index (χ4n) is 5.27. The number of para-hydroxylation sites is 1. The molecule has 0 bridgehead atoms. The number of piperidine rings is 1. The van der Waals surface area contributed by atoms with E-state index >= 15 is 0 Å². The van der Waals surface area contributed by atoms with Crippen molar-refractivity contribution in [2.45, 2.75) is 18.9 Å². The van der Waals surface area contributed by atoms with Gasteiger partial charge in [-0.15, -0.1) is 0 Å². The van der Waals surface area contributed by atoms with E-state index in [9.17, 15) is 9.59 Å². The molecule has 2 saturated heterocycles. The molecule has 0 radical (unpaired) electrons. The number of anilines is 2. The normalized spacial score (nSPS) is 17.6. The van der Waals surface area contributed by atoms with Crippen LogP contribution >= 0.6 is 15.9 Å². The van der Waals surface area contributed by atoms with Crippen LogP contribution in [-0.2, 0) is 9.47 Å². The third-order valence-corrected chi connectivity index (χ3v) is 8.03. The van der Waals surface area contributed by atoms with E-state index in [1.54, 1.807) is 6.20 Å². The van der Waals surface area contributed by atoms with Crippen molar-refractivity contribution < 1.29 is 19.1 Å². The van der Waals surface area contributed by atoms with Gasteiger partial charge in [-0.25, -0.2) is 29.6 Å². The predicted molar refractivity (Wildman–Crippen MR) is 161 cm³/mol. The van der Waals surface area contributed by atoms with Gasteiger partial charge in [0.25, 0.3) is 0 Å². The van der Waals surface area contributed by atoms with Crippen LogP contribution in [0.15, 0.2) is 71.3 Å². The Kier molecular flexibility index (Phi) is 8.27. The average Bonchev–Trinajstić information content (AvgIpc) is 3.02. The van der Waals surface area contributed by atoms with Crippen molar-refractivity contribution in [1.29, 1.82) is 0 Å². The quantitative estimate of drug-likeness (QED) is 0.305. The van der Waals surface area contributed by atoms with Crippen molar-refractivity contribution in [1.82, 2.24) is 24.9 Å². The molecule has 42 heavy (non-hydrogen) atoms. The molecule has 1 atom stereocenters. The molecular formula is C30H30BrN7O4. The molecule has 1 unspecified atom stereocenters. The molecule has 0 aliphatic carbocycles. The summed E-state index contributed by atoms with van der Waals surface area (Å²) in [7, 11) is 0. The lowest BCUT2D eigenvalue weighted by molar-refractivity contribution is 0.0123. The number of aromatic nitrogens is 3. The lowest BCUT2D eigenvalue weighted by Crippen LogP contribution is -2.47. The Morgan fingerprint density at radius 1 is 1.00 bits per heavy atom. The first kappa shape index (κ1) is 28.0. The van der Waals surface area contributed by atoms with E-state index in [0.717, 1.165) is 15.7 Å². The third kappa shape index (κ3) is 5.91. The fourth-order valence-corrected chi connectivity index (χ4v) is 5.77. The maximum absolute atomic E-state index is 13.7. The number of pyridine rings is 1. The molecule has 12 heteroatoms. The number of carbonyl (C=O) groups is 2. The molecule has 0 spiro atoms. The number of nitrogens with two attached hydrogens (primary N) is 1. The minimum absolute atomic E-state index is 0.132. The Labute approximate surface area is 251 Å².